The smallest absolute Gasteiger partial charge is 0.406 e. The summed E-state index contributed by atoms with van der Waals surface area (Å²) in [4.78, 5) is 11.6. The molecule has 6 nitrogen and oxygen atoms in total. The maximum Gasteiger partial charge on any atom is 0.573 e. The second-order valence-electron chi connectivity index (χ2n) is 5.77. The van der Waals surface area contributed by atoms with E-state index in [4.69, 9.17) is 0 Å². The molecule has 146 valence electrons. The van der Waals surface area contributed by atoms with Crippen LogP contribution in [0.2, 0.25) is 0 Å². The minimum Gasteiger partial charge on any atom is -0.406 e. The van der Waals surface area contributed by atoms with E-state index in [0.29, 0.717) is 5.69 Å². The van der Waals surface area contributed by atoms with Gasteiger partial charge in [0.2, 0.25) is 15.9 Å². The minimum atomic E-state index is -4.87. The highest BCUT2D eigenvalue weighted by Gasteiger charge is 2.31. The number of carbonyl (C=O) groups is 1. The Bertz CT molecular complexity index is 906. The molecule has 0 aromatic heterocycles. The molecular formula is C17H17F3N2O4S. The molecule has 0 heterocycles. The Morgan fingerprint density at radius 1 is 1.04 bits per heavy atom. The summed E-state index contributed by atoms with van der Waals surface area (Å²) in [5.41, 5.74) is 2.41. The molecule has 0 unspecified atom stereocenters. The summed E-state index contributed by atoms with van der Waals surface area (Å²) in [6, 6.07) is 9.04. The molecule has 1 amide bonds. The normalized spacial score (nSPS) is 11.9. The van der Waals surface area contributed by atoms with Gasteiger partial charge in [-0.3, -0.25) is 4.79 Å². The van der Waals surface area contributed by atoms with E-state index in [2.05, 4.69) is 14.8 Å². The van der Waals surface area contributed by atoms with E-state index in [0.717, 1.165) is 35.4 Å². The number of rotatable bonds is 6. The summed E-state index contributed by atoms with van der Waals surface area (Å²) in [5.74, 6) is -1.13. The first-order chi connectivity index (χ1) is 12.4. The van der Waals surface area contributed by atoms with Crippen molar-refractivity contribution in [1.29, 1.82) is 0 Å². The summed E-state index contributed by atoms with van der Waals surface area (Å²) >= 11 is 0. The molecule has 0 aliphatic heterocycles. The SMILES string of the molecule is Cc1cc(C)cc(NC(=O)CNS(=O)(=O)c2ccc(OC(F)(F)F)cc2)c1. The van der Waals surface area contributed by atoms with Crippen molar-refractivity contribution in [3.8, 4) is 5.75 Å². The van der Waals surface area contributed by atoms with Gasteiger partial charge in [-0.1, -0.05) is 6.07 Å². The monoisotopic (exact) mass is 402 g/mol. The molecule has 0 aliphatic carbocycles. The van der Waals surface area contributed by atoms with E-state index in [1.807, 2.05) is 19.9 Å². The van der Waals surface area contributed by atoms with Gasteiger partial charge in [-0.2, -0.15) is 0 Å². The number of hydrogen-bond acceptors (Lipinski definition) is 4. The summed E-state index contributed by atoms with van der Waals surface area (Å²) in [6.07, 6.45) is -4.87. The Balaban J connectivity index is 1.98. The zero-order valence-corrected chi connectivity index (χ0v) is 15.2. The average molecular weight is 402 g/mol. The van der Waals surface area contributed by atoms with Crippen molar-refractivity contribution < 1.29 is 31.1 Å². The fourth-order valence-corrected chi connectivity index (χ4v) is 3.30. The molecule has 2 aromatic rings. The molecule has 0 spiro atoms. The highest BCUT2D eigenvalue weighted by atomic mass is 32.2. The standard InChI is InChI=1S/C17H17F3N2O4S/c1-11-7-12(2)9-13(8-11)22-16(23)10-21-27(24,25)15-5-3-14(4-6-15)26-17(18,19)20/h3-9,21H,10H2,1-2H3,(H,22,23). The largest absolute Gasteiger partial charge is 0.573 e. The first kappa shape index (κ1) is 20.7. The van der Waals surface area contributed by atoms with E-state index in [1.165, 1.54) is 0 Å². The fourth-order valence-electron chi connectivity index (χ4n) is 2.32. The van der Waals surface area contributed by atoms with Gasteiger partial charge >= 0.3 is 6.36 Å². The predicted molar refractivity (Wildman–Crippen MR) is 92.9 cm³/mol. The van der Waals surface area contributed by atoms with Crippen LogP contribution in [0.15, 0.2) is 47.4 Å². The molecule has 0 radical (unpaired) electrons. The third-order valence-corrected chi connectivity index (χ3v) is 4.71. The molecule has 0 saturated heterocycles. The summed E-state index contributed by atoms with van der Waals surface area (Å²) in [5, 5.41) is 2.57. The molecule has 2 rings (SSSR count). The number of anilines is 1. The highest BCUT2D eigenvalue weighted by molar-refractivity contribution is 7.89. The molecule has 0 bridgehead atoms. The van der Waals surface area contributed by atoms with Crippen LogP contribution in [-0.4, -0.2) is 27.2 Å². The number of aryl methyl sites for hydroxylation is 2. The van der Waals surface area contributed by atoms with Gasteiger partial charge in [0.15, 0.2) is 0 Å². The van der Waals surface area contributed by atoms with Crippen molar-refractivity contribution in [2.45, 2.75) is 25.1 Å². The number of alkyl halides is 3. The van der Waals surface area contributed by atoms with Gasteiger partial charge < -0.3 is 10.1 Å². The zero-order chi connectivity index (χ0) is 20.2. The van der Waals surface area contributed by atoms with Gasteiger partial charge in [-0.15, -0.1) is 13.2 Å². The number of carbonyl (C=O) groups excluding carboxylic acids is 1. The first-order valence-corrected chi connectivity index (χ1v) is 9.16. The van der Waals surface area contributed by atoms with Crippen LogP contribution in [0, 0.1) is 13.8 Å². The van der Waals surface area contributed by atoms with Crippen molar-refractivity contribution in [3.05, 3.63) is 53.6 Å². The third-order valence-electron chi connectivity index (χ3n) is 3.30. The molecular weight excluding hydrogens is 385 g/mol. The number of ether oxygens (including phenoxy) is 1. The van der Waals surface area contributed by atoms with Crippen molar-refractivity contribution >= 4 is 21.6 Å². The molecule has 27 heavy (non-hydrogen) atoms. The van der Waals surface area contributed by atoms with Crippen molar-refractivity contribution in [2.75, 3.05) is 11.9 Å². The van der Waals surface area contributed by atoms with Gasteiger partial charge in [-0.05, 0) is 61.4 Å². The van der Waals surface area contributed by atoms with Gasteiger partial charge in [0.25, 0.3) is 0 Å². The van der Waals surface area contributed by atoms with E-state index in [9.17, 15) is 26.4 Å². The van der Waals surface area contributed by atoms with Crippen molar-refractivity contribution in [3.63, 3.8) is 0 Å². The first-order valence-electron chi connectivity index (χ1n) is 7.68. The summed E-state index contributed by atoms with van der Waals surface area (Å²) in [7, 11) is -4.07. The molecule has 0 aliphatic rings. The van der Waals surface area contributed by atoms with Crippen LogP contribution in [0.4, 0.5) is 18.9 Å². The lowest BCUT2D eigenvalue weighted by Crippen LogP contribution is -2.32. The van der Waals surface area contributed by atoms with Gasteiger partial charge in [0.1, 0.15) is 5.75 Å². The van der Waals surface area contributed by atoms with Crippen LogP contribution in [-0.2, 0) is 14.8 Å². The lowest BCUT2D eigenvalue weighted by molar-refractivity contribution is -0.274. The summed E-state index contributed by atoms with van der Waals surface area (Å²) in [6.45, 7) is 3.19. The third kappa shape index (κ3) is 6.57. The maximum absolute atomic E-state index is 12.1. The predicted octanol–water partition coefficient (Wildman–Crippen LogP) is 3.12. The molecule has 2 N–H and O–H groups in total. The van der Waals surface area contributed by atoms with E-state index in [-0.39, 0.29) is 4.90 Å². The lowest BCUT2D eigenvalue weighted by Gasteiger charge is -2.11. The zero-order valence-electron chi connectivity index (χ0n) is 14.4. The molecule has 2 aromatic carbocycles. The Morgan fingerprint density at radius 2 is 1.59 bits per heavy atom. The number of benzene rings is 2. The molecule has 10 heteroatoms. The molecule has 0 atom stereocenters. The number of sulfonamides is 1. The number of nitrogens with one attached hydrogen (secondary N) is 2. The Morgan fingerprint density at radius 3 is 2.11 bits per heavy atom. The topological polar surface area (TPSA) is 84.5 Å². The lowest BCUT2D eigenvalue weighted by atomic mass is 10.1. The minimum absolute atomic E-state index is 0.295. The number of amides is 1. The van der Waals surface area contributed by atoms with Gasteiger partial charge in [-0.25, -0.2) is 13.1 Å². The van der Waals surface area contributed by atoms with Gasteiger partial charge in [0.05, 0.1) is 11.4 Å². The van der Waals surface area contributed by atoms with Crippen LogP contribution in [0.3, 0.4) is 0 Å². The number of hydrogen-bond donors (Lipinski definition) is 2. The second kappa shape index (κ2) is 7.97. The van der Waals surface area contributed by atoms with E-state index in [1.54, 1.807) is 12.1 Å². The average Bonchev–Trinajstić information content (AvgIpc) is 2.51. The van der Waals surface area contributed by atoms with Crippen LogP contribution >= 0.6 is 0 Å². The van der Waals surface area contributed by atoms with Crippen molar-refractivity contribution in [2.24, 2.45) is 0 Å². The number of halogens is 3. The quantitative estimate of drug-likeness (QED) is 0.778. The maximum atomic E-state index is 12.1. The Labute approximate surface area is 154 Å². The molecule has 0 saturated carbocycles. The second-order valence-corrected chi connectivity index (χ2v) is 7.54. The van der Waals surface area contributed by atoms with Crippen LogP contribution in [0.5, 0.6) is 5.75 Å². The Kier molecular flexibility index (Phi) is 6.11. The van der Waals surface area contributed by atoms with E-state index >= 15 is 0 Å². The van der Waals surface area contributed by atoms with E-state index < -0.39 is 34.6 Å². The van der Waals surface area contributed by atoms with Gasteiger partial charge in [0, 0.05) is 5.69 Å². The molecule has 0 fully saturated rings. The highest BCUT2D eigenvalue weighted by Crippen LogP contribution is 2.23. The van der Waals surface area contributed by atoms with Crippen LogP contribution < -0.4 is 14.8 Å². The van der Waals surface area contributed by atoms with Crippen molar-refractivity contribution in [1.82, 2.24) is 4.72 Å². The van der Waals surface area contributed by atoms with Crippen LogP contribution in [0.1, 0.15) is 11.1 Å². The fraction of sp³-hybridized carbons (Fsp3) is 0.235. The summed E-state index contributed by atoms with van der Waals surface area (Å²) < 4.78 is 66.4. The Hall–Kier alpha value is -2.59. The van der Waals surface area contributed by atoms with Crippen LogP contribution in [0.25, 0.3) is 0 Å².